The summed E-state index contributed by atoms with van der Waals surface area (Å²) in [6.07, 6.45) is 1.63. The molecule has 0 radical (unpaired) electrons. The monoisotopic (exact) mass is 386 g/mol. The van der Waals surface area contributed by atoms with Gasteiger partial charge in [-0.05, 0) is 59.5 Å². The van der Waals surface area contributed by atoms with Crippen LogP contribution in [0.25, 0.3) is 10.9 Å². The van der Waals surface area contributed by atoms with Gasteiger partial charge in [-0.15, -0.1) is 0 Å². The highest BCUT2D eigenvalue weighted by molar-refractivity contribution is 5.79. The van der Waals surface area contributed by atoms with E-state index >= 15 is 0 Å². The molecule has 0 amide bonds. The molecule has 29 heavy (non-hydrogen) atoms. The molecule has 4 nitrogen and oxygen atoms in total. The minimum atomic E-state index is 0. The van der Waals surface area contributed by atoms with Crippen LogP contribution in [0.4, 0.5) is 0 Å². The molecule has 0 aliphatic carbocycles. The topological polar surface area (TPSA) is 66.3 Å². The first-order valence-electron chi connectivity index (χ1n) is 9.38. The number of hydrogen-bond acceptors (Lipinski definition) is 4. The normalized spacial score (nSPS) is 10.4. The van der Waals surface area contributed by atoms with E-state index in [-0.39, 0.29) is 6.15 Å². The first-order chi connectivity index (χ1) is 13.7. The van der Waals surface area contributed by atoms with E-state index in [9.17, 15) is 0 Å². The third-order valence-electron chi connectivity index (χ3n) is 4.98. The van der Waals surface area contributed by atoms with Crippen molar-refractivity contribution >= 4 is 10.9 Å². The number of nitrogens with zero attached hydrogens (tertiary/aromatic N) is 1. The molecule has 0 aliphatic heterocycles. The van der Waals surface area contributed by atoms with E-state index in [1.165, 1.54) is 22.1 Å². The molecule has 0 atom stereocenters. The minimum Gasteiger partial charge on any atom is -0.497 e. The number of para-hydroxylation sites is 1. The molecule has 1 heterocycles. The molecule has 1 aromatic heterocycles. The maximum absolute atomic E-state index is 5.28. The Labute approximate surface area is 171 Å². The molecular weight excluding hydrogens is 360 g/mol. The highest BCUT2D eigenvalue weighted by atomic mass is 16.5. The third kappa shape index (κ3) is 4.73. The van der Waals surface area contributed by atoms with E-state index in [0.29, 0.717) is 0 Å². The zero-order valence-corrected chi connectivity index (χ0v) is 16.9. The van der Waals surface area contributed by atoms with E-state index in [1.807, 2.05) is 30.3 Å². The Morgan fingerprint density at radius 3 is 1.83 bits per heavy atom. The first kappa shape index (κ1) is 20.4. The summed E-state index contributed by atoms with van der Waals surface area (Å²) < 4.78 is 10.5. The predicted octanol–water partition coefficient (Wildman–Crippen LogP) is 5.60. The number of hydrogen-bond donors (Lipinski definition) is 1. The van der Waals surface area contributed by atoms with Gasteiger partial charge in [0.1, 0.15) is 11.5 Å². The number of aromatic nitrogens is 1. The number of fused-ring (bicyclic) bond motifs is 1. The average molecular weight is 386 g/mol. The number of benzene rings is 3. The molecular formula is C25H26N2O2. The second-order valence-corrected chi connectivity index (χ2v) is 6.84. The van der Waals surface area contributed by atoms with Crippen molar-refractivity contribution in [2.45, 2.75) is 12.8 Å². The molecule has 0 spiro atoms. The summed E-state index contributed by atoms with van der Waals surface area (Å²) in [6, 6.07) is 27.0. The Balaban J connectivity index is 0.00000240. The molecule has 4 aromatic rings. The van der Waals surface area contributed by atoms with Crippen molar-refractivity contribution in [3.63, 3.8) is 0 Å². The Hall–Kier alpha value is -3.37. The van der Waals surface area contributed by atoms with E-state index in [2.05, 4.69) is 48.5 Å². The fraction of sp³-hybridized carbons (Fsp3) is 0.160. The Kier molecular flexibility index (Phi) is 6.47. The van der Waals surface area contributed by atoms with Crippen LogP contribution < -0.4 is 15.6 Å². The maximum atomic E-state index is 5.28. The summed E-state index contributed by atoms with van der Waals surface area (Å²) in [7, 11) is 3.38. The molecule has 0 saturated heterocycles. The van der Waals surface area contributed by atoms with Crippen LogP contribution in [-0.2, 0) is 12.8 Å². The Bertz CT molecular complexity index is 986. The van der Waals surface area contributed by atoms with E-state index < -0.39 is 0 Å². The van der Waals surface area contributed by atoms with Gasteiger partial charge in [-0.25, -0.2) is 0 Å². The van der Waals surface area contributed by atoms with Gasteiger partial charge in [0, 0.05) is 17.5 Å². The Morgan fingerprint density at radius 2 is 1.24 bits per heavy atom. The van der Waals surface area contributed by atoms with Crippen LogP contribution in [0.3, 0.4) is 0 Å². The SMILES string of the molecule is COc1ccc(Cc2cc3ccccc3nc2Cc2ccc(OC)cc2)cc1.N. The quantitative estimate of drug-likeness (QED) is 0.469. The molecule has 0 bridgehead atoms. The standard InChI is InChI=1S/C25H23NO2.H3N/c1-27-22-11-7-18(8-12-22)15-21-17-20-5-3-4-6-24(20)26-25(21)16-19-9-13-23(28-2)14-10-19;/h3-14,17H,15-16H2,1-2H3;1H3. The van der Waals surface area contributed by atoms with Gasteiger partial charge < -0.3 is 15.6 Å². The number of pyridine rings is 1. The first-order valence-corrected chi connectivity index (χ1v) is 9.38. The highest BCUT2D eigenvalue weighted by Crippen LogP contribution is 2.23. The van der Waals surface area contributed by atoms with E-state index in [4.69, 9.17) is 14.5 Å². The van der Waals surface area contributed by atoms with Crippen molar-refractivity contribution in [2.24, 2.45) is 0 Å². The summed E-state index contributed by atoms with van der Waals surface area (Å²) in [5.74, 6) is 1.74. The van der Waals surface area contributed by atoms with Crippen LogP contribution in [0.15, 0.2) is 78.9 Å². The summed E-state index contributed by atoms with van der Waals surface area (Å²) in [5.41, 5.74) is 5.86. The number of ether oxygens (including phenoxy) is 2. The van der Waals surface area contributed by atoms with Gasteiger partial charge in [0.05, 0.1) is 19.7 Å². The van der Waals surface area contributed by atoms with Gasteiger partial charge >= 0.3 is 0 Å². The van der Waals surface area contributed by atoms with Crippen molar-refractivity contribution in [3.8, 4) is 11.5 Å². The summed E-state index contributed by atoms with van der Waals surface area (Å²) >= 11 is 0. The maximum Gasteiger partial charge on any atom is 0.118 e. The van der Waals surface area contributed by atoms with Crippen molar-refractivity contribution < 1.29 is 9.47 Å². The third-order valence-corrected chi connectivity index (χ3v) is 4.98. The second kappa shape index (κ2) is 9.22. The molecule has 0 unspecified atom stereocenters. The fourth-order valence-electron chi connectivity index (χ4n) is 3.41. The number of rotatable bonds is 6. The van der Waals surface area contributed by atoms with Crippen molar-refractivity contribution in [2.75, 3.05) is 14.2 Å². The summed E-state index contributed by atoms with van der Waals surface area (Å²) in [5, 5.41) is 1.17. The highest BCUT2D eigenvalue weighted by Gasteiger charge is 2.10. The van der Waals surface area contributed by atoms with E-state index in [0.717, 1.165) is 35.6 Å². The zero-order valence-electron chi connectivity index (χ0n) is 16.9. The lowest BCUT2D eigenvalue weighted by Gasteiger charge is -2.12. The lowest BCUT2D eigenvalue weighted by molar-refractivity contribution is 0.414. The van der Waals surface area contributed by atoms with Crippen molar-refractivity contribution in [3.05, 3.63) is 101 Å². The molecule has 4 rings (SSSR count). The molecule has 0 saturated carbocycles. The lowest BCUT2D eigenvalue weighted by atomic mass is 9.97. The number of methoxy groups -OCH3 is 2. The zero-order chi connectivity index (χ0) is 19.3. The fourth-order valence-corrected chi connectivity index (χ4v) is 3.41. The van der Waals surface area contributed by atoms with Crippen LogP contribution in [0, 0.1) is 0 Å². The molecule has 148 valence electrons. The van der Waals surface area contributed by atoms with Crippen LogP contribution in [0.5, 0.6) is 11.5 Å². The van der Waals surface area contributed by atoms with Crippen molar-refractivity contribution in [1.82, 2.24) is 11.1 Å². The van der Waals surface area contributed by atoms with Gasteiger partial charge in [-0.2, -0.15) is 0 Å². The minimum absolute atomic E-state index is 0. The average Bonchev–Trinajstić information content (AvgIpc) is 2.75. The van der Waals surface area contributed by atoms with Crippen LogP contribution >= 0.6 is 0 Å². The van der Waals surface area contributed by atoms with Gasteiger partial charge in [-0.1, -0.05) is 42.5 Å². The molecule has 0 fully saturated rings. The predicted molar refractivity (Wildman–Crippen MR) is 118 cm³/mol. The van der Waals surface area contributed by atoms with Gasteiger partial charge in [0.2, 0.25) is 0 Å². The van der Waals surface area contributed by atoms with Gasteiger partial charge in [0.15, 0.2) is 0 Å². The smallest absolute Gasteiger partial charge is 0.118 e. The van der Waals surface area contributed by atoms with Gasteiger partial charge in [-0.3, -0.25) is 4.98 Å². The van der Waals surface area contributed by atoms with Crippen LogP contribution in [0.1, 0.15) is 22.4 Å². The molecule has 3 N–H and O–H groups in total. The second-order valence-electron chi connectivity index (χ2n) is 6.84. The Morgan fingerprint density at radius 1 is 0.690 bits per heavy atom. The van der Waals surface area contributed by atoms with Gasteiger partial charge in [0.25, 0.3) is 0 Å². The van der Waals surface area contributed by atoms with Crippen LogP contribution in [-0.4, -0.2) is 19.2 Å². The summed E-state index contributed by atoms with van der Waals surface area (Å²) in [4.78, 5) is 4.99. The lowest BCUT2D eigenvalue weighted by Crippen LogP contribution is -2.01. The van der Waals surface area contributed by atoms with Crippen LogP contribution in [0.2, 0.25) is 0 Å². The largest absolute Gasteiger partial charge is 0.497 e. The van der Waals surface area contributed by atoms with E-state index in [1.54, 1.807) is 14.2 Å². The summed E-state index contributed by atoms with van der Waals surface area (Å²) in [6.45, 7) is 0. The van der Waals surface area contributed by atoms with Crippen molar-refractivity contribution in [1.29, 1.82) is 0 Å². The molecule has 3 aromatic carbocycles. The molecule has 4 heteroatoms. The molecule has 0 aliphatic rings.